The van der Waals surface area contributed by atoms with Gasteiger partial charge in [0.05, 0.1) is 25.1 Å². The molecule has 3 aromatic rings. The molecule has 2 aromatic heterocycles. The zero-order chi connectivity index (χ0) is 25.4. The van der Waals surface area contributed by atoms with Crippen LogP contribution in [0.25, 0.3) is 11.2 Å². The van der Waals surface area contributed by atoms with Crippen LogP contribution in [0.1, 0.15) is 34.6 Å². The van der Waals surface area contributed by atoms with E-state index in [2.05, 4.69) is 25.4 Å². The Bertz CT molecular complexity index is 1160. The molecule has 0 aliphatic rings. The molecule has 0 amide bonds. The van der Waals surface area contributed by atoms with Crippen molar-refractivity contribution < 1.29 is 23.4 Å². The number of rotatable bonds is 13. The Hall–Kier alpha value is -3.01. The Morgan fingerprint density at radius 2 is 1.86 bits per heavy atom. The molecular formula is C23H33N6O5P. The molecule has 0 spiro atoms. The number of fused-ring (bicyclic) bond motifs is 1. The molecule has 2 heterocycles. The van der Waals surface area contributed by atoms with Crippen molar-refractivity contribution in [2.45, 2.75) is 59.4 Å². The molecule has 11 nitrogen and oxygen atoms in total. The zero-order valence-corrected chi connectivity index (χ0v) is 21.6. The Kier molecular flexibility index (Phi) is 9.20. The third-order valence-corrected chi connectivity index (χ3v) is 6.60. The maximum atomic E-state index is 13.7. The maximum Gasteiger partial charge on any atom is 0.342 e. The van der Waals surface area contributed by atoms with Crippen LogP contribution in [0.2, 0.25) is 0 Å². The number of carbonyl (C=O) groups is 1. The van der Waals surface area contributed by atoms with Gasteiger partial charge < -0.3 is 23.9 Å². The summed E-state index contributed by atoms with van der Waals surface area (Å²) in [6, 6.07) is 7.89. The number of imidazole rings is 1. The van der Waals surface area contributed by atoms with E-state index in [0.29, 0.717) is 35.8 Å². The second kappa shape index (κ2) is 12.1. The number of aromatic nitrogens is 4. The molecule has 0 saturated heterocycles. The van der Waals surface area contributed by atoms with Crippen LogP contribution in [0, 0.1) is 0 Å². The summed E-state index contributed by atoms with van der Waals surface area (Å²) in [7, 11) is -3.64. The number of anilines is 1. The quantitative estimate of drug-likeness (QED) is 0.262. The van der Waals surface area contributed by atoms with Gasteiger partial charge in [-0.2, -0.15) is 0 Å². The third kappa shape index (κ3) is 7.48. The third-order valence-electron chi connectivity index (χ3n) is 4.82. The van der Waals surface area contributed by atoms with Gasteiger partial charge in [0.2, 0.25) is 0 Å². The van der Waals surface area contributed by atoms with E-state index in [1.54, 1.807) is 51.4 Å². The molecule has 2 N–H and O–H groups in total. The molecule has 0 saturated carbocycles. The summed E-state index contributed by atoms with van der Waals surface area (Å²) in [6.45, 7) is 10.0. The van der Waals surface area contributed by atoms with Gasteiger partial charge in [0.1, 0.15) is 30.0 Å². The fourth-order valence-corrected chi connectivity index (χ4v) is 5.08. The first-order chi connectivity index (χ1) is 16.7. The average Bonchev–Trinajstić information content (AvgIpc) is 3.22. The number of benzene rings is 1. The van der Waals surface area contributed by atoms with Crippen molar-refractivity contribution in [3.05, 3.63) is 43.0 Å². The predicted molar refractivity (Wildman–Crippen MR) is 133 cm³/mol. The van der Waals surface area contributed by atoms with Crippen molar-refractivity contribution in [1.82, 2.24) is 24.6 Å². The van der Waals surface area contributed by atoms with Crippen molar-refractivity contribution >= 4 is 30.5 Å². The molecule has 3 rings (SSSR count). The molecule has 12 heteroatoms. The highest BCUT2D eigenvalue weighted by molar-refractivity contribution is 7.57. The molecule has 1 aromatic carbocycles. The normalized spacial score (nSPS) is 14.9. The first-order valence-corrected chi connectivity index (χ1v) is 13.3. The average molecular weight is 505 g/mol. The van der Waals surface area contributed by atoms with Crippen LogP contribution in [-0.4, -0.2) is 56.6 Å². The zero-order valence-electron chi connectivity index (χ0n) is 20.7. The van der Waals surface area contributed by atoms with Gasteiger partial charge in [0, 0.05) is 6.54 Å². The topological polar surface area (TPSA) is 129 Å². The van der Waals surface area contributed by atoms with Crippen molar-refractivity contribution in [3.63, 3.8) is 0 Å². The number of hydrogen-bond acceptors (Lipinski definition) is 9. The summed E-state index contributed by atoms with van der Waals surface area (Å²) < 4.78 is 32.5. The minimum absolute atomic E-state index is 0.257. The highest BCUT2D eigenvalue weighted by Crippen LogP contribution is 2.44. The first kappa shape index (κ1) is 26.6. The van der Waals surface area contributed by atoms with Crippen molar-refractivity contribution in [2.75, 3.05) is 18.2 Å². The van der Waals surface area contributed by atoms with Gasteiger partial charge >= 0.3 is 13.5 Å². The Morgan fingerprint density at radius 3 is 2.54 bits per heavy atom. The van der Waals surface area contributed by atoms with Gasteiger partial charge in [0.25, 0.3) is 0 Å². The van der Waals surface area contributed by atoms with Gasteiger partial charge in [-0.15, -0.1) is 0 Å². The number of nitrogens with one attached hydrogen (secondary N) is 2. The second-order valence-corrected chi connectivity index (χ2v) is 10.4. The summed E-state index contributed by atoms with van der Waals surface area (Å²) in [6.07, 6.45) is 2.24. The summed E-state index contributed by atoms with van der Waals surface area (Å²) in [5, 5.41) is 5.96. The largest absolute Gasteiger partial charge is 0.462 e. The molecule has 0 fully saturated rings. The van der Waals surface area contributed by atoms with Crippen molar-refractivity contribution in [3.8, 4) is 5.75 Å². The van der Waals surface area contributed by atoms with E-state index in [4.69, 9.17) is 14.0 Å². The predicted octanol–water partition coefficient (Wildman–Crippen LogP) is 3.82. The monoisotopic (exact) mass is 504 g/mol. The molecule has 0 aliphatic carbocycles. The molecule has 0 radical (unpaired) electrons. The highest BCUT2D eigenvalue weighted by Gasteiger charge is 2.32. The lowest BCUT2D eigenvalue weighted by Gasteiger charge is -2.25. The van der Waals surface area contributed by atoms with Crippen LogP contribution in [0.4, 0.5) is 5.82 Å². The second-order valence-electron chi connectivity index (χ2n) is 8.34. The standard InChI is InChI=1S/C23H33N6O5P/c1-6-24-21-20-22(26-13-25-21)29(14-27-20)12-17(4)32-15-35(31,34-19-10-8-7-9-11-19)28-18(5)23(30)33-16(2)3/h7-11,13-14,16-18H,6,12,15H2,1-5H3,(H,28,31)(H,24,25,26)/t17-,18+,35+/m1/s1. The van der Waals surface area contributed by atoms with E-state index in [1.165, 1.54) is 6.33 Å². The highest BCUT2D eigenvalue weighted by atomic mass is 31.2. The van der Waals surface area contributed by atoms with E-state index < -0.39 is 19.5 Å². The van der Waals surface area contributed by atoms with E-state index in [1.807, 2.05) is 24.5 Å². The number of nitrogens with zero attached hydrogens (tertiary/aromatic N) is 4. The van der Waals surface area contributed by atoms with E-state index in [-0.39, 0.29) is 18.6 Å². The number of para-hydroxylation sites is 1. The first-order valence-electron chi connectivity index (χ1n) is 11.5. The van der Waals surface area contributed by atoms with Gasteiger partial charge in [-0.1, -0.05) is 18.2 Å². The Morgan fingerprint density at radius 1 is 1.11 bits per heavy atom. The molecule has 190 valence electrons. The molecular weight excluding hydrogens is 471 g/mol. The SMILES string of the molecule is CCNc1ncnc2c1ncn2C[C@@H](C)OC[P@@](=O)(N[C@@H](C)C(=O)OC(C)C)Oc1ccccc1. The summed E-state index contributed by atoms with van der Waals surface area (Å²) >= 11 is 0. The van der Waals surface area contributed by atoms with Crippen LogP contribution < -0.4 is 14.9 Å². The van der Waals surface area contributed by atoms with Crippen molar-refractivity contribution in [1.29, 1.82) is 0 Å². The summed E-state index contributed by atoms with van der Waals surface area (Å²) in [4.78, 5) is 25.3. The van der Waals surface area contributed by atoms with Gasteiger partial charge in [-0.05, 0) is 46.8 Å². The van der Waals surface area contributed by atoms with Gasteiger partial charge in [-0.3, -0.25) is 9.36 Å². The van der Waals surface area contributed by atoms with Gasteiger partial charge in [-0.25, -0.2) is 20.0 Å². The minimum atomic E-state index is -3.64. The van der Waals surface area contributed by atoms with Crippen LogP contribution in [-0.2, 0) is 25.4 Å². The van der Waals surface area contributed by atoms with Crippen LogP contribution in [0.5, 0.6) is 5.75 Å². The van der Waals surface area contributed by atoms with E-state index in [0.717, 1.165) is 0 Å². The number of esters is 1. The smallest absolute Gasteiger partial charge is 0.342 e. The van der Waals surface area contributed by atoms with Gasteiger partial charge in [0.15, 0.2) is 11.5 Å². The maximum absolute atomic E-state index is 13.7. The molecule has 0 aliphatic heterocycles. The number of carbonyl (C=O) groups excluding carboxylic acids is 1. The Labute approximate surface area is 205 Å². The Balaban J connectivity index is 1.70. The van der Waals surface area contributed by atoms with Crippen LogP contribution >= 0.6 is 7.52 Å². The molecule has 0 unspecified atom stereocenters. The fourth-order valence-electron chi connectivity index (χ4n) is 3.29. The van der Waals surface area contributed by atoms with E-state index >= 15 is 0 Å². The molecule has 3 atom stereocenters. The minimum Gasteiger partial charge on any atom is -0.462 e. The summed E-state index contributed by atoms with van der Waals surface area (Å²) in [5.74, 6) is 0.542. The molecule has 0 bridgehead atoms. The molecule has 35 heavy (non-hydrogen) atoms. The lowest BCUT2D eigenvalue weighted by atomic mass is 10.3. The fraction of sp³-hybridized carbons (Fsp3) is 0.478. The van der Waals surface area contributed by atoms with E-state index in [9.17, 15) is 9.36 Å². The summed E-state index contributed by atoms with van der Waals surface area (Å²) in [5.41, 5.74) is 1.33. The lowest BCUT2D eigenvalue weighted by Crippen LogP contribution is -2.37. The number of ether oxygens (including phenoxy) is 2. The van der Waals surface area contributed by atoms with Crippen molar-refractivity contribution in [2.24, 2.45) is 0 Å². The van der Waals surface area contributed by atoms with Crippen LogP contribution in [0.3, 0.4) is 0 Å². The number of hydrogen-bond donors (Lipinski definition) is 2. The van der Waals surface area contributed by atoms with Crippen LogP contribution in [0.15, 0.2) is 43.0 Å². The lowest BCUT2D eigenvalue weighted by molar-refractivity contribution is -0.149.